The highest BCUT2D eigenvalue weighted by Crippen LogP contribution is 2.47. The molecule has 5 nitrogen and oxygen atoms in total. The highest BCUT2D eigenvalue weighted by atomic mass is 79.9. The van der Waals surface area contributed by atoms with Gasteiger partial charge < -0.3 is 19.3 Å². The van der Waals surface area contributed by atoms with E-state index in [1.54, 1.807) is 0 Å². The second kappa shape index (κ2) is 8.17. The number of nitrogens with zero attached hydrogens (tertiary/aromatic N) is 3. The average Bonchev–Trinajstić information content (AvgIpc) is 2.68. The first-order valence-electron chi connectivity index (χ1n) is 10.3. The molecule has 0 amide bonds. The lowest BCUT2D eigenvalue weighted by Gasteiger charge is -2.41. The Labute approximate surface area is 188 Å². The maximum Gasteiger partial charge on any atom is 0.176 e. The predicted octanol–water partition coefficient (Wildman–Crippen LogP) is 5.52. The lowest BCUT2D eigenvalue weighted by molar-refractivity contribution is -0.0403. The van der Waals surface area contributed by atoms with Gasteiger partial charge in [-0.15, -0.1) is 0 Å². The normalized spacial score (nSPS) is 23.3. The van der Waals surface area contributed by atoms with Crippen LogP contribution in [0.25, 0.3) is 0 Å². The van der Waals surface area contributed by atoms with Crippen LogP contribution in [0.15, 0.2) is 33.3 Å². The van der Waals surface area contributed by atoms with Crippen LogP contribution in [0.1, 0.15) is 18.4 Å². The number of fused-ring (bicyclic) bond motifs is 4. The van der Waals surface area contributed by atoms with Crippen LogP contribution in [-0.4, -0.2) is 49.3 Å². The minimum absolute atomic E-state index is 0.714. The van der Waals surface area contributed by atoms with E-state index in [1.807, 2.05) is 12.3 Å². The van der Waals surface area contributed by atoms with Crippen molar-refractivity contribution in [3.05, 3.63) is 38.9 Å². The number of rotatable bonds is 4. The first-order valence-corrected chi connectivity index (χ1v) is 11.9. The van der Waals surface area contributed by atoms with E-state index >= 15 is 0 Å². The van der Waals surface area contributed by atoms with Crippen LogP contribution >= 0.6 is 31.9 Å². The fourth-order valence-corrected chi connectivity index (χ4v) is 5.43. The van der Waals surface area contributed by atoms with Gasteiger partial charge in [0.2, 0.25) is 0 Å². The zero-order valence-corrected chi connectivity index (χ0v) is 19.7. The monoisotopic (exact) mass is 521 g/mol. The van der Waals surface area contributed by atoms with Crippen LogP contribution in [-0.2, 0) is 4.74 Å². The summed E-state index contributed by atoms with van der Waals surface area (Å²) in [6, 6.07) is 6.25. The first kappa shape index (κ1) is 19.8. The Kier molecular flexibility index (Phi) is 5.58. The number of likely N-dealkylation sites (tertiary alicyclic amines) is 1. The van der Waals surface area contributed by atoms with Gasteiger partial charge in [-0.2, -0.15) is 0 Å². The van der Waals surface area contributed by atoms with Gasteiger partial charge in [0, 0.05) is 40.8 Å². The van der Waals surface area contributed by atoms with Gasteiger partial charge in [-0.3, -0.25) is 0 Å². The minimum Gasteiger partial charge on any atom is -0.451 e. The minimum atomic E-state index is 0.714. The molecule has 3 aliphatic rings. The van der Waals surface area contributed by atoms with Gasteiger partial charge in [-0.05, 0) is 71.8 Å². The standard InChI is InChI=1S/C22H25Br2N3O2/c1-14-5-19-20(8-18(14)24)29-21-7-17(23)9-25-22(21)27(19)4-2-3-26-10-15-6-16(11-26)13-28-12-15/h5,7-9,15-16H,2-4,6,10-13H2,1H3. The first-order chi connectivity index (χ1) is 14.1. The van der Waals surface area contributed by atoms with Crippen LogP contribution in [0.5, 0.6) is 11.5 Å². The lowest BCUT2D eigenvalue weighted by Crippen LogP contribution is -2.47. The highest BCUT2D eigenvalue weighted by Gasteiger charge is 2.31. The van der Waals surface area contributed by atoms with E-state index in [4.69, 9.17) is 9.47 Å². The molecule has 0 radical (unpaired) electrons. The van der Waals surface area contributed by atoms with E-state index in [0.29, 0.717) is 11.8 Å². The molecule has 7 heteroatoms. The van der Waals surface area contributed by atoms with E-state index < -0.39 is 0 Å². The third kappa shape index (κ3) is 4.07. The van der Waals surface area contributed by atoms with Gasteiger partial charge in [-0.1, -0.05) is 15.9 Å². The van der Waals surface area contributed by atoms with E-state index in [9.17, 15) is 0 Å². The Balaban J connectivity index is 1.34. The molecule has 154 valence electrons. The molecular formula is C22H25Br2N3O2. The van der Waals surface area contributed by atoms with Crippen molar-refractivity contribution in [3.8, 4) is 11.5 Å². The Hall–Kier alpha value is -1.15. The number of benzene rings is 1. The van der Waals surface area contributed by atoms with Gasteiger partial charge in [0.25, 0.3) is 0 Å². The summed E-state index contributed by atoms with van der Waals surface area (Å²) in [4.78, 5) is 9.62. The van der Waals surface area contributed by atoms with Crippen LogP contribution in [0.4, 0.5) is 11.5 Å². The molecule has 2 fully saturated rings. The molecule has 0 aliphatic carbocycles. The van der Waals surface area contributed by atoms with Crippen molar-refractivity contribution in [3.63, 3.8) is 0 Å². The van der Waals surface area contributed by atoms with E-state index in [0.717, 1.165) is 64.7 Å². The summed E-state index contributed by atoms with van der Waals surface area (Å²) in [5, 5.41) is 0. The Morgan fingerprint density at radius 2 is 1.86 bits per heavy atom. The molecule has 0 saturated carbocycles. The molecule has 2 saturated heterocycles. The molecular weight excluding hydrogens is 498 g/mol. The number of anilines is 2. The highest BCUT2D eigenvalue weighted by molar-refractivity contribution is 9.10. The molecule has 0 spiro atoms. The molecule has 5 rings (SSSR count). The molecule has 2 unspecified atom stereocenters. The van der Waals surface area contributed by atoms with Gasteiger partial charge in [0.15, 0.2) is 17.3 Å². The number of aryl methyl sites for hydroxylation is 1. The summed E-state index contributed by atoms with van der Waals surface area (Å²) in [6.07, 6.45) is 4.28. The number of halogens is 2. The van der Waals surface area contributed by atoms with Crippen molar-refractivity contribution < 1.29 is 9.47 Å². The van der Waals surface area contributed by atoms with Crippen molar-refractivity contribution in [2.45, 2.75) is 19.8 Å². The van der Waals surface area contributed by atoms with Gasteiger partial charge in [0.1, 0.15) is 0 Å². The summed E-state index contributed by atoms with van der Waals surface area (Å²) in [5.74, 6) is 4.00. The Morgan fingerprint density at radius 1 is 1.07 bits per heavy atom. The number of hydrogen-bond donors (Lipinski definition) is 0. The molecule has 0 N–H and O–H groups in total. The zero-order valence-electron chi connectivity index (χ0n) is 16.5. The summed E-state index contributed by atoms with van der Waals surface area (Å²) in [5.41, 5.74) is 2.29. The summed E-state index contributed by atoms with van der Waals surface area (Å²) in [6.45, 7) is 8.35. The SMILES string of the molecule is Cc1cc2c(cc1Br)Oc1cc(Br)cnc1N2CCCN1CC2COCC(C2)C1. The molecule has 29 heavy (non-hydrogen) atoms. The van der Waals surface area contributed by atoms with Crippen LogP contribution in [0, 0.1) is 18.8 Å². The Morgan fingerprint density at radius 3 is 2.66 bits per heavy atom. The fraction of sp³-hybridized carbons (Fsp3) is 0.500. The van der Waals surface area contributed by atoms with Crippen molar-refractivity contribution in [1.82, 2.24) is 9.88 Å². The topological polar surface area (TPSA) is 37.8 Å². The lowest BCUT2D eigenvalue weighted by atomic mass is 9.88. The maximum atomic E-state index is 6.18. The van der Waals surface area contributed by atoms with Crippen molar-refractivity contribution >= 4 is 43.4 Å². The largest absolute Gasteiger partial charge is 0.451 e. The third-order valence-corrected chi connectivity index (χ3v) is 7.36. The van der Waals surface area contributed by atoms with Gasteiger partial charge >= 0.3 is 0 Å². The van der Waals surface area contributed by atoms with E-state index in [-0.39, 0.29) is 0 Å². The summed E-state index contributed by atoms with van der Waals surface area (Å²) in [7, 11) is 0. The van der Waals surface area contributed by atoms with Crippen LogP contribution in [0.2, 0.25) is 0 Å². The second-order valence-electron chi connectivity index (χ2n) is 8.42. The molecule has 4 heterocycles. The second-order valence-corrected chi connectivity index (χ2v) is 10.2. The van der Waals surface area contributed by atoms with E-state index in [1.165, 1.54) is 25.1 Å². The Bertz CT molecular complexity index is 911. The molecule has 1 aromatic carbocycles. The smallest absolute Gasteiger partial charge is 0.176 e. The average molecular weight is 523 g/mol. The van der Waals surface area contributed by atoms with Crippen molar-refractivity contribution in [1.29, 1.82) is 0 Å². The van der Waals surface area contributed by atoms with Crippen molar-refractivity contribution in [2.75, 3.05) is 44.3 Å². The third-order valence-electron chi connectivity index (χ3n) is 6.07. The number of hydrogen-bond acceptors (Lipinski definition) is 5. The summed E-state index contributed by atoms with van der Waals surface area (Å²) < 4.78 is 13.9. The van der Waals surface area contributed by atoms with Crippen molar-refractivity contribution in [2.24, 2.45) is 11.8 Å². The maximum absolute atomic E-state index is 6.18. The molecule has 2 atom stereocenters. The predicted molar refractivity (Wildman–Crippen MR) is 121 cm³/mol. The number of piperidine rings is 1. The van der Waals surface area contributed by atoms with E-state index in [2.05, 4.69) is 65.7 Å². The van der Waals surface area contributed by atoms with Gasteiger partial charge in [-0.25, -0.2) is 4.98 Å². The molecule has 3 aliphatic heterocycles. The van der Waals surface area contributed by atoms with Crippen LogP contribution < -0.4 is 9.64 Å². The quantitative estimate of drug-likeness (QED) is 0.528. The molecule has 1 aromatic heterocycles. The van der Waals surface area contributed by atoms with Crippen LogP contribution in [0.3, 0.4) is 0 Å². The number of pyridine rings is 1. The summed E-state index contributed by atoms with van der Waals surface area (Å²) >= 11 is 7.15. The molecule has 2 aromatic rings. The molecule has 2 bridgehead atoms. The fourth-order valence-electron chi connectivity index (χ4n) is 4.79. The number of aromatic nitrogens is 1. The number of ether oxygens (including phenoxy) is 2. The van der Waals surface area contributed by atoms with Gasteiger partial charge in [0.05, 0.1) is 18.9 Å². The zero-order chi connectivity index (χ0) is 20.0.